The molecular formula is C27H24FN7O2. The average Bonchev–Trinajstić information content (AvgIpc) is 3.55. The van der Waals surface area contributed by atoms with Crippen molar-refractivity contribution in [1.82, 2.24) is 24.8 Å². The number of hydroxylamine groups is 2. The van der Waals surface area contributed by atoms with Gasteiger partial charge in [0.15, 0.2) is 0 Å². The zero-order chi connectivity index (χ0) is 25.8. The Kier molecular flexibility index (Phi) is 6.78. The van der Waals surface area contributed by atoms with Crippen LogP contribution < -0.4 is 10.6 Å². The smallest absolute Gasteiger partial charge is 0.321 e. The van der Waals surface area contributed by atoms with E-state index < -0.39 is 12.1 Å². The quantitative estimate of drug-likeness (QED) is 0.397. The fourth-order valence-corrected chi connectivity index (χ4v) is 3.95. The number of amides is 2. The van der Waals surface area contributed by atoms with Crippen LogP contribution in [0.15, 0.2) is 67.3 Å². The Morgan fingerprint density at radius 3 is 2.65 bits per heavy atom. The maximum atomic E-state index is 14.7. The number of carbonyl (C=O) groups is 1. The first-order chi connectivity index (χ1) is 18.0. The maximum Gasteiger partial charge on any atom is 0.346 e. The van der Waals surface area contributed by atoms with E-state index in [0.29, 0.717) is 46.9 Å². The number of halogens is 1. The van der Waals surface area contributed by atoms with Crippen LogP contribution in [-0.2, 0) is 11.9 Å². The third kappa shape index (κ3) is 5.58. The van der Waals surface area contributed by atoms with Crippen LogP contribution in [-0.4, -0.2) is 37.4 Å². The van der Waals surface area contributed by atoms with Crippen LogP contribution >= 0.6 is 0 Å². The summed E-state index contributed by atoms with van der Waals surface area (Å²) in [7, 11) is 1.83. The summed E-state index contributed by atoms with van der Waals surface area (Å²) in [6, 6.07) is 11.3. The Labute approximate surface area is 213 Å². The minimum absolute atomic E-state index is 0.321. The molecule has 0 radical (unpaired) electrons. The lowest BCUT2D eigenvalue weighted by Crippen LogP contribution is -2.34. The number of rotatable bonds is 4. The Morgan fingerprint density at radius 1 is 1.08 bits per heavy atom. The second-order valence-electron chi connectivity index (χ2n) is 8.53. The first-order valence-corrected chi connectivity index (χ1v) is 11.6. The van der Waals surface area contributed by atoms with Crippen molar-refractivity contribution in [3.8, 4) is 11.8 Å². The van der Waals surface area contributed by atoms with Gasteiger partial charge in [-0.15, -0.1) is 0 Å². The lowest BCUT2D eigenvalue weighted by atomic mass is 10.0. The number of carbonyl (C=O) groups excluding carboxylic acids is 1. The van der Waals surface area contributed by atoms with E-state index in [4.69, 9.17) is 4.84 Å². The molecule has 1 saturated heterocycles. The molecular weight excluding hydrogens is 473 g/mol. The van der Waals surface area contributed by atoms with Gasteiger partial charge in [-0.2, -0.15) is 10.2 Å². The van der Waals surface area contributed by atoms with Crippen molar-refractivity contribution >= 4 is 23.4 Å². The molecule has 0 aliphatic carbocycles. The van der Waals surface area contributed by atoms with Gasteiger partial charge in [-0.25, -0.2) is 19.2 Å². The van der Waals surface area contributed by atoms with Crippen molar-refractivity contribution in [2.45, 2.75) is 19.4 Å². The Bertz CT molecular complexity index is 1490. The highest BCUT2D eigenvalue weighted by molar-refractivity contribution is 5.89. The minimum Gasteiger partial charge on any atom is -0.321 e. The van der Waals surface area contributed by atoms with Crippen molar-refractivity contribution in [2.75, 3.05) is 17.2 Å². The van der Waals surface area contributed by atoms with Crippen molar-refractivity contribution in [3.05, 3.63) is 95.3 Å². The Morgan fingerprint density at radius 2 is 1.86 bits per heavy atom. The Balaban J connectivity index is 1.25. The van der Waals surface area contributed by atoms with Gasteiger partial charge in [0.05, 0.1) is 30.1 Å². The fourth-order valence-electron chi connectivity index (χ4n) is 3.95. The van der Waals surface area contributed by atoms with Crippen LogP contribution in [0.1, 0.15) is 34.7 Å². The van der Waals surface area contributed by atoms with Gasteiger partial charge in [0.2, 0.25) is 5.95 Å². The monoisotopic (exact) mass is 497 g/mol. The molecule has 5 rings (SSSR count). The minimum atomic E-state index is -0.501. The standard InChI is InChI=1S/C27H24FN7O2/c1-18-5-3-8-23(25(18)28)24-11-12-37-35(24)27(36)33-21-7-4-6-19(13-21)9-10-20-14-29-26(30-15-20)32-22-16-31-34(2)17-22/h3-8,13-17,24H,11-12H2,1-2H3,(H,33,36)(H,29,30,32)/t24-/m0/s1. The SMILES string of the molecule is Cc1cccc([C@@H]2CCON2C(=O)Nc2cccc(C#Cc3cnc(Nc4cnn(C)c4)nc3)c2)c1F. The van der Waals surface area contributed by atoms with Crippen LogP contribution in [0.5, 0.6) is 0 Å². The summed E-state index contributed by atoms with van der Waals surface area (Å²) in [5.74, 6) is 6.20. The third-order valence-corrected chi connectivity index (χ3v) is 5.76. The molecule has 0 saturated carbocycles. The van der Waals surface area contributed by atoms with Crippen molar-refractivity contribution in [1.29, 1.82) is 0 Å². The van der Waals surface area contributed by atoms with Gasteiger partial charge in [-0.05, 0) is 30.7 Å². The van der Waals surface area contributed by atoms with Crippen LogP contribution in [0.25, 0.3) is 0 Å². The molecule has 2 N–H and O–H groups in total. The highest BCUT2D eigenvalue weighted by Gasteiger charge is 2.33. The summed E-state index contributed by atoms with van der Waals surface area (Å²) in [6.45, 7) is 2.03. The van der Waals surface area contributed by atoms with Crippen molar-refractivity contribution in [3.63, 3.8) is 0 Å². The molecule has 1 aliphatic heterocycles. The molecule has 4 aromatic rings. The molecule has 9 nitrogen and oxygen atoms in total. The number of nitrogens with zero attached hydrogens (tertiary/aromatic N) is 5. The van der Waals surface area contributed by atoms with E-state index in [2.05, 4.69) is 37.5 Å². The number of aromatic nitrogens is 4. The molecule has 2 amide bonds. The average molecular weight is 498 g/mol. The number of nitrogens with one attached hydrogen (secondary N) is 2. The molecule has 1 atom stereocenters. The van der Waals surface area contributed by atoms with Gasteiger partial charge < -0.3 is 10.6 Å². The van der Waals surface area contributed by atoms with Crippen LogP contribution in [0.3, 0.4) is 0 Å². The lowest BCUT2D eigenvalue weighted by molar-refractivity contribution is -0.0834. The Hall–Kier alpha value is -4.75. The van der Waals surface area contributed by atoms with E-state index in [9.17, 15) is 9.18 Å². The van der Waals surface area contributed by atoms with E-state index in [1.807, 2.05) is 19.3 Å². The predicted molar refractivity (Wildman–Crippen MR) is 136 cm³/mol. The third-order valence-electron chi connectivity index (χ3n) is 5.76. The first-order valence-electron chi connectivity index (χ1n) is 11.6. The molecule has 1 aliphatic rings. The molecule has 186 valence electrons. The second kappa shape index (κ2) is 10.5. The zero-order valence-electron chi connectivity index (χ0n) is 20.3. The highest BCUT2D eigenvalue weighted by atomic mass is 19.1. The van der Waals surface area contributed by atoms with E-state index in [0.717, 1.165) is 5.69 Å². The summed E-state index contributed by atoms with van der Waals surface area (Å²) in [5.41, 5.74) is 3.63. The number of aryl methyl sites for hydroxylation is 2. The van der Waals surface area contributed by atoms with Crippen LogP contribution in [0.4, 0.5) is 26.5 Å². The summed E-state index contributed by atoms with van der Waals surface area (Å²) in [5, 5.41) is 11.2. The van der Waals surface area contributed by atoms with Crippen molar-refractivity contribution in [2.24, 2.45) is 7.05 Å². The summed E-state index contributed by atoms with van der Waals surface area (Å²) < 4.78 is 16.4. The number of benzene rings is 2. The number of urea groups is 1. The van der Waals surface area contributed by atoms with E-state index in [1.165, 1.54) is 5.06 Å². The molecule has 0 unspecified atom stereocenters. The highest BCUT2D eigenvalue weighted by Crippen LogP contribution is 2.33. The summed E-state index contributed by atoms with van der Waals surface area (Å²) in [6.07, 6.45) is 7.26. The van der Waals surface area contributed by atoms with E-state index in [1.54, 1.807) is 66.6 Å². The molecule has 37 heavy (non-hydrogen) atoms. The normalized spacial score (nSPS) is 14.7. The molecule has 2 aromatic heterocycles. The molecule has 2 aromatic carbocycles. The second-order valence-corrected chi connectivity index (χ2v) is 8.53. The van der Waals surface area contributed by atoms with Gasteiger partial charge in [0.25, 0.3) is 0 Å². The maximum absolute atomic E-state index is 14.7. The summed E-state index contributed by atoms with van der Waals surface area (Å²) >= 11 is 0. The number of hydrogen-bond donors (Lipinski definition) is 2. The van der Waals surface area contributed by atoms with Gasteiger partial charge in [-0.1, -0.05) is 36.1 Å². The largest absolute Gasteiger partial charge is 0.346 e. The predicted octanol–water partition coefficient (Wildman–Crippen LogP) is 4.71. The number of hydrogen-bond acceptors (Lipinski definition) is 6. The van der Waals surface area contributed by atoms with E-state index in [-0.39, 0.29) is 5.82 Å². The van der Waals surface area contributed by atoms with Crippen molar-refractivity contribution < 1.29 is 14.0 Å². The van der Waals surface area contributed by atoms with Gasteiger partial charge in [0.1, 0.15) is 5.82 Å². The van der Waals surface area contributed by atoms with Gasteiger partial charge >= 0.3 is 6.03 Å². The van der Waals surface area contributed by atoms with Crippen LogP contribution in [0, 0.1) is 24.6 Å². The molecule has 0 spiro atoms. The molecule has 3 heterocycles. The van der Waals surface area contributed by atoms with Crippen LogP contribution in [0.2, 0.25) is 0 Å². The fraction of sp³-hybridized carbons (Fsp3) is 0.185. The van der Waals surface area contributed by atoms with E-state index >= 15 is 0 Å². The molecule has 10 heteroatoms. The molecule has 1 fully saturated rings. The summed E-state index contributed by atoms with van der Waals surface area (Å²) in [4.78, 5) is 27.0. The molecule has 0 bridgehead atoms. The lowest BCUT2D eigenvalue weighted by Gasteiger charge is -2.24. The number of anilines is 3. The first kappa shape index (κ1) is 24.0. The van der Waals surface area contributed by atoms with Gasteiger partial charge in [-0.3, -0.25) is 9.52 Å². The zero-order valence-corrected chi connectivity index (χ0v) is 20.3. The topological polar surface area (TPSA) is 97.2 Å². The van der Waals surface area contributed by atoms with Gasteiger partial charge in [0, 0.05) is 48.9 Å².